The molecule has 0 fully saturated rings. The predicted molar refractivity (Wildman–Crippen MR) is 63.9 cm³/mol. The third kappa shape index (κ3) is 2.86. The van der Waals surface area contributed by atoms with Crippen molar-refractivity contribution in [2.24, 2.45) is 0 Å². The molecule has 0 aliphatic carbocycles. The van der Waals surface area contributed by atoms with Gasteiger partial charge in [0.25, 0.3) is 0 Å². The van der Waals surface area contributed by atoms with E-state index in [1.165, 1.54) is 11.5 Å². The maximum atomic E-state index is 3.89. The molecular weight excluding hydrogens is 204 g/mol. The minimum Gasteiger partial charge on any atom is -0.138 e. The molecule has 2 aromatic carbocycles. The van der Waals surface area contributed by atoms with E-state index in [9.17, 15) is 0 Å². The first-order valence-electron chi connectivity index (χ1n) is 4.64. The van der Waals surface area contributed by atoms with E-state index in [2.05, 4.69) is 9.59 Å². The lowest BCUT2D eigenvalue weighted by Gasteiger charge is -1.78. The summed E-state index contributed by atoms with van der Waals surface area (Å²) in [7, 11) is 0. The Morgan fingerprint density at radius 3 is 1.93 bits per heavy atom. The first-order valence-corrected chi connectivity index (χ1v) is 5.41. The number of hydrogen-bond donors (Lipinski definition) is 0. The predicted octanol–water partition coefficient (Wildman–Crippen LogP) is 3.38. The van der Waals surface area contributed by atoms with E-state index in [1.54, 1.807) is 0 Å². The monoisotopic (exact) mass is 214 g/mol. The molecule has 15 heavy (non-hydrogen) atoms. The number of benzene rings is 2. The van der Waals surface area contributed by atoms with Gasteiger partial charge in [-0.15, -0.1) is 5.10 Å². The number of rotatable bonds is 0. The minimum absolute atomic E-state index is 0.988. The van der Waals surface area contributed by atoms with E-state index in [0.717, 1.165) is 10.2 Å². The molecule has 0 bridgehead atoms. The molecule has 0 saturated heterocycles. The Balaban J connectivity index is 0.000000124. The second kappa shape index (κ2) is 5.22. The van der Waals surface area contributed by atoms with Crippen LogP contribution in [0.1, 0.15) is 0 Å². The van der Waals surface area contributed by atoms with Crippen LogP contribution in [0.25, 0.3) is 10.2 Å². The summed E-state index contributed by atoms with van der Waals surface area (Å²) >= 11 is 1.43. The van der Waals surface area contributed by atoms with Crippen LogP contribution in [0, 0.1) is 0 Å². The Labute approximate surface area is 92.4 Å². The van der Waals surface area contributed by atoms with Gasteiger partial charge in [0.05, 0.1) is 4.70 Å². The van der Waals surface area contributed by atoms with Crippen molar-refractivity contribution in [2.75, 3.05) is 0 Å². The largest absolute Gasteiger partial charge is 0.138 e. The average Bonchev–Trinajstić information content (AvgIpc) is 2.80. The molecule has 0 amide bonds. The molecule has 0 saturated carbocycles. The van der Waals surface area contributed by atoms with Crippen LogP contribution in [0.2, 0.25) is 0 Å². The molecule has 1 aromatic heterocycles. The number of hydrogen-bond acceptors (Lipinski definition) is 3. The van der Waals surface area contributed by atoms with Crippen LogP contribution >= 0.6 is 11.5 Å². The fourth-order valence-corrected chi connectivity index (χ4v) is 1.67. The van der Waals surface area contributed by atoms with Crippen LogP contribution in [-0.2, 0) is 0 Å². The van der Waals surface area contributed by atoms with Crippen molar-refractivity contribution in [1.29, 1.82) is 0 Å². The molecule has 0 radical (unpaired) electrons. The SMILES string of the molecule is c1ccc2snnc2c1.c1ccccc1. The van der Waals surface area contributed by atoms with Gasteiger partial charge in [0.2, 0.25) is 0 Å². The number of fused-ring (bicyclic) bond motifs is 1. The molecule has 3 heteroatoms. The van der Waals surface area contributed by atoms with E-state index in [0.29, 0.717) is 0 Å². The van der Waals surface area contributed by atoms with Gasteiger partial charge in [-0.1, -0.05) is 53.0 Å². The van der Waals surface area contributed by atoms with Gasteiger partial charge in [-0.3, -0.25) is 0 Å². The highest BCUT2D eigenvalue weighted by Gasteiger charge is 1.91. The zero-order chi connectivity index (χ0) is 10.3. The lowest BCUT2D eigenvalue weighted by molar-refractivity contribution is 1.20. The van der Waals surface area contributed by atoms with E-state index in [-0.39, 0.29) is 0 Å². The summed E-state index contributed by atoms with van der Waals surface area (Å²) < 4.78 is 4.94. The quantitative estimate of drug-likeness (QED) is 0.573. The van der Waals surface area contributed by atoms with Crippen molar-refractivity contribution < 1.29 is 0 Å². The maximum absolute atomic E-state index is 3.89. The van der Waals surface area contributed by atoms with Crippen LogP contribution in [0.5, 0.6) is 0 Å². The summed E-state index contributed by atoms with van der Waals surface area (Å²) in [5, 5.41) is 3.89. The lowest BCUT2D eigenvalue weighted by atomic mass is 10.3. The summed E-state index contributed by atoms with van der Waals surface area (Å²) in [5.41, 5.74) is 0.988. The van der Waals surface area contributed by atoms with Crippen molar-refractivity contribution in [1.82, 2.24) is 9.59 Å². The molecule has 2 nitrogen and oxygen atoms in total. The van der Waals surface area contributed by atoms with Gasteiger partial charge in [-0.05, 0) is 23.7 Å². The molecule has 0 atom stereocenters. The van der Waals surface area contributed by atoms with Gasteiger partial charge in [-0.25, -0.2) is 0 Å². The van der Waals surface area contributed by atoms with Crippen molar-refractivity contribution in [3.63, 3.8) is 0 Å². The normalized spacial score (nSPS) is 9.33. The van der Waals surface area contributed by atoms with E-state index in [4.69, 9.17) is 0 Å². The summed E-state index contributed by atoms with van der Waals surface area (Å²) in [6.45, 7) is 0. The molecular formula is C12H10N2S. The number of nitrogens with zero attached hydrogens (tertiary/aromatic N) is 2. The first-order chi connectivity index (χ1) is 7.47. The molecule has 0 aliphatic rings. The molecule has 0 N–H and O–H groups in total. The molecule has 0 unspecified atom stereocenters. The zero-order valence-corrected chi connectivity index (χ0v) is 8.89. The fourth-order valence-electron chi connectivity index (χ4n) is 1.11. The molecule has 1 heterocycles. The summed E-state index contributed by atoms with van der Waals surface area (Å²) in [6, 6.07) is 19.9. The summed E-state index contributed by atoms with van der Waals surface area (Å²) in [4.78, 5) is 0. The van der Waals surface area contributed by atoms with Gasteiger partial charge in [0.15, 0.2) is 0 Å². The number of aromatic nitrogens is 2. The van der Waals surface area contributed by atoms with Crippen molar-refractivity contribution in [2.45, 2.75) is 0 Å². The zero-order valence-electron chi connectivity index (χ0n) is 8.08. The van der Waals surface area contributed by atoms with Gasteiger partial charge in [-0.2, -0.15) is 0 Å². The van der Waals surface area contributed by atoms with Gasteiger partial charge < -0.3 is 0 Å². The molecule has 3 aromatic rings. The maximum Gasteiger partial charge on any atom is 0.105 e. The highest BCUT2D eigenvalue weighted by atomic mass is 32.1. The van der Waals surface area contributed by atoms with Crippen molar-refractivity contribution >= 4 is 21.7 Å². The third-order valence-electron chi connectivity index (χ3n) is 1.82. The van der Waals surface area contributed by atoms with Gasteiger partial charge >= 0.3 is 0 Å². The minimum atomic E-state index is 0.988. The Kier molecular flexibility index (Phi) is 3.41. The standard InChI is InChI=1S/C6H4N2S.C6H6/c1-2-4-6-5(3-1)7-8-9-6;1-2-4-6-5-3-1/h1-4H;1-6H. The smallest absolute Gasteiger partial charge is 0.105 e. The molecule has 74 valence electrons. The van der Waals surface area contributed by atoms with Crippen LogP contribution in [0.3, 0.4) is 0 Å². The van der Waals surface area contributed by atoms with Crippen LogP contribution in [0.15, 0.2) is 60.7 Å². The summed E-state index contributed by atoms with van der Waals surface area (Å²) in [5.74, 6) is 0. The van der Waals surface area contributed by atoms with E-state index >= 15 is 0 Å². The fraction of sp³-hybridized carbons (Fsp3) is 0. The highest BCUT2D eigenvalue weighted by Crippen LogP contribution is 2.12. The molecule has 0 spiro atoms. The van der Waals surface area contributed by atoms with Gasteiger partial charge in [0.1, 0.15) is 5.52 Å². The Bertz CT molecular complexity index is 448. The summed E-state index contributed by atoms with van der Waals surface area (Å²) in [6.07, 6.45) is 0. The van der Waals surface area contributed by atoms with Gasteiger partial charge in [0, 0.05) is 0 Å². The van der Waals surface area contributed by atoms with Crippen molar-refractivity contribution in [3.8, 4) is 0 Å². The van der Waals surface area contributed by atoms with Crippen molar-refractivity contribution in [3.05, 3.63) is 60.7 Å². The van der Waals surface area contributed by atoms with E-state index < -0.39 is 0 Å². The van der Waals surface area contributed by atoms with E-state index in [1.807, 2.05) is 60.7 Å². The van der Waals surface area contributed by atoms with Crippen LogP contribution in [-0.4, -0.2) is 9.59 Å². The molecule has 3 rings (SSSR count). The second-order valence-corrected chi connectivity index (χ2v) is 3.68. The topological polar surface area (TPSA) is 25.8 Å². The van der Waals surface area contributed by atoms with Crippen LogP contribution < -0.4 is 0 Å². The third-order valence-corrected chi connectivity index (χ3v) is 2.52. The molecule has 0 aliphatic heterocycles. The highest BCUT2D eigenvalue weighted by molar-refractivity contribution is 7.12. The second-order valence-electron chi connectivity index (χ2n) is 2.90. The average molecular weight is 214 g/mol. The Morgan fingerprint density at radius 2 is 1.33 bits per heavy atom. The lowest BCUT2D eigenvalue weighted by Crippen LogP contribution is -1.63. The Hall–Kier alpha value is -1.74. The Morgan fingerprint density at radius 1 is 0.733 bits per heavy atom. The van der Waals surface area contributed by atoms with Crippen LogP contribution in [0.4, 0.5) is 0 Å². The first kappa shape index (κ1) is 9.80.